The minimum atomic E-state index is 0.412. The molecule has 0 spiro atoms. The number of rotatable bonds is 10. The summed E-state index contributed by atoms with van der Waals surface area (Å²) in [7, 11) is 0. The molecular formula is C31H44N2. The number of para-hydroxylation sites is 2. The van der Waals surface area contributed by atoms with E-state index in [-0.39, 0.29) is 0 Å². The van der Waals surface area contributed by atoms with Gasteiger partial charge >= 0.3 is 0 Å². The summed E-state index contributed by atoms with van der Waals surface area (Å²) in [6.07, 6.45) is 3.70. The molecule has 0 saturated carbocycles. The summed E-state index contributed by atoms with van der Waals surface area (Å²) in [4.78, 5) is 10.6. The van der Waals surface area contributed by atoms with Gasteiger partial charge in [0.1, 0.15) is 0 Å². The van der Waals surface area contributed by atoms with Crippen molar-refractivity contribution in [1.29, 1.82) is 0 Å². The Bertz CT molecular complexity index is 951. The van der Waals surface area contributed by atoms with E-state index in [4.69, 9.17) is 9.98 Å². The van der Waals surface area contributed by atoms with Crippen molar-refractivity contribution in [2.75, 3.05) is 0 Å². The van der Waals surface area contributed by atoms with Gasteiger partial charge in [-0.25, -0.2) is 0 Å². The molecule has 0 saturated heterocycles. The van der Waals surface area contributed by atoms with E-state index in [0.717, 1.165) is 35.6 Å². The van der Waals surface area contributed by atoms with E-state index in [9.17, 15) is 0 Å². The molecule has 178 valence electrons. The third-order valence-corrected chi connectivity index (χ3v) is 6.21. The zero-order valence-electron chi connectivity index (χ0n) is 22.4. The summed E-state index contributed by atoms with van der Waals surface area (Å²) in [5, 5.41) is 0. The molecule has 33 heavy (non-hydrogen) atoms. The maximum atomic E-state index is 5.32. The minimum Gasteiger partial charge on any atom is -0.251 e. The molecule has 0 fully saturated rings. The van der Waals surface area contributed by atoms with E-state index in [1.54, 1.807) is 0 Å². The Morgan fingerprint density at radius 1 is 0.697 bits per heavy atom. The number of nitrogens with zero attached hydrogens (tertiary/aromatic N) is 2. The monoisotopic (exact) mass is 444 g/mol. The first-order valence-electron chi connectivity index (χ1n) is 12.6. The second-order valence-electron chi connectivity index (χ2n) is 10.3. The van der Waals surface area contributed by atoms with Gasteiger partial charge in [0, 0.05) is 0 Å². The predicted octanol–water partition coefficient (Wildman–Crippen LogP) is 10.0. The summed E-state index contributed by atoms with van der Waals surface area (Å²) in [6, 6.07) is 13.2. The first-order chi connectivity index (χ1) is 15.6. The second-order valence-corrected chi connectivity index (χ2v) is 10.3. The number of aliphatic imine (C=N–C) groups is 2. The normalized spacial score (nSPS) is 13.0. The molecule has 0 amide bonds. The van der Waals surface area contributed by atoms with Crippen LogP contribution in [0.15, 0.2) is 59.0 Å². The number of hydrogen-bond acceptors (Lipinski definition) is 2. The number of hydrogen-bond donors (Lipinski definition) is 0. The zero-order chi connectivity index (χ0) is 24.7. The van der Waals surface area contributed by atoms with Crippen molar-refractivity contribution in [2.45, 2.75) is 98.8 Å². The minimum absolute atomic E-state index is 0.412. The molecule has 0 aliphatic carbocycles. The Kier molecular flexibility index (Phi) is 9.83. The first kappa shape index (κ1) is 26.8. The van der Waals surface area contributed by atoms with Crippen LogP contribution in [0.3, 0.4) is 0 Å². The number of benzene rings is 2. The summed E-state index contributed by atoms with van der Waals surface area (Å²) in [5.74, 6) is 1.65. The Morgan fingerprint density at radius 2 is 1.06 bits per heavy atom. The molecule has 0 aliphatic rings. The molecule has 0 bridgehead atoms. The van der Waals surface area contributed by atoms with Crippen LogP contribution in [0.25, 0.3) is 0 Å². The van der Waals surface area contributed by atoms with Crippen LogP contribution in [-0.2, 0) is 0 Å². The lowest BCUT2D eigenvalue weighted by Gasteiger charge is -2.19. The molecule has 0 unspecified atom stereocenters. The van der Waals surface area contributed by atoms with Gasteiger partial charge in [0.2, 0.25) is 0 Å². The van der Waals surface area contributed by atoms with Gasteiger partial charge < -0.3 is 0 Å². The highest BCUT2D eigenvalue weighted by molar-refractivity contribution is 6.42. The van der Waals surface area contributed by atoms with Crippen molar-refractivity contribution in [1.82, 2.24) is 0 Å². The van der Waals surface area contributed by atoms with Crippen molar-refractivity contribution < 1.29 is 0 Å². The van der Waals surface area contributed by atoms with Crippen LogP contribution in [0.4, 0.5) is 11.4 Å². The van der Waals surface area contributed by atoms with E-state index in [2.05, 4.69) is 105 Å². The van der Waals surface area contributed by atoms with Gasteiger partial charge in [0.25, 0.3) is 0 Å². The molecule has 0 aliphatic heterocycles. The number of allylic oxidation sites excluding steroid dienone is 1. The quantitative estimate of drug-likeness (QED) is 0.257. The lowest BCUT2D eigenvalue weighted by atomic mass is 9.92. The molecule has 0 aromatic heterocycles. The van der Waals surface area contributed by atoms with Crippen LogP contribution in [0.1, 0.15) is 121 Å². The third kappa shape index (κ3) is 6.76. The van der Waals surface area contributed by atoms with Gasteiger partial charge in [-0.2, -0.15) is 0 Å². The predicted molar refractivity (Wildman–Crippen MR) is 149 cm³/mol. The average molecular weight is 445 g/mol. The van der Waals surface area contributed by atoms with E-state index in [1.165, 1.54) is 22.3 Å². The standard InChI is InChI=1S/C31H44N2/c1-11-12-19-29(33-31-27(22(6)7)17-14-18-28(31)23(8)9)24(10)32-30-25(20(2)3)15-13-16-26(30)21(4)5/h11,13-18,20-23H,1,12,19H2,2-10H3. The topological polar surface area (TPSA) is 24.7 Å². The van der Waals surface area contributed by atoms with Crippen LogP contribution >= 0.6 is 0 Å². The van der Waals surface area contributed by atoms with Gasteiger partial charge in [-0.15, -0.1) is 6.58 Å². The Morgan fingerprint density at radius 3 is 1.39 bits per heavy atom. The van der Waals surface area contributed by atoms with E-state index in [0.29, 0.717) is 23.7 Å². The van der Waals surface area contributed by atoms with Crippen molar-refractivity contribution in [3.63, 3.8) is 0 Å². The molecule has 2 heteroatoms. The molecule has 2 aromatic carbocycles. The van der Waals surface area contributed by atoms with Gasteiger partial charge in [0.15, 0.2) is 0 Å². The highest BCUT2D eigenvalue weighted by atomic mass is 14.8. The highest BCUT2D eigenvalue weighted by Crippen LogP contribution is 2.37. The largest absolute Gasteiger partial charge is 0.251 e. The molecule has 0 atom stereocenters. The van der Waals surface area contributed by atoms with Crippen LogP contribution in [0, 0.1) is 0 Å². The molecule has 0 heterocycles. The van der Waals surface area contributed by atoms with E-state index >= 15 is 0 Å². The van der Waals surface area contributed by atoms with Gasteiger partial charge in [-0.3, -0.25) is 9.98 Å². The Hall–Kier alpha value is -2.48. The Labute approximate surface area is 203 Å². The van der Waals surface area contributed by atoms with Crippen LogP contribution in [0.5, 0.6) is 0 Å². The van der Waals surface area contributed by atoms with Gasteiger partial charge in [-0.1, -0.05) is 97.9 Å². The fourth-order valence-corrected chi connectivity index (χ4v) is 4.21. The SMILES string of the molecule is C=CCCC(=Nc1c(C(C)C)cccc1C(C)C)C(C)=Nc1c(C(C)C)cccc1C(C)C. The van der Waals surface area contributed by atoms with Crippen molar-refractivity contribution in [3.05, 3.63) is 71.3 Å². The van der Waals surface area contributed by atoms with E-state index in [1.807, 2.05) is 6.08 Å². The fraction of sp³-hybridized carbons (Fsp3) is 0.484. The molecule has 2 nitrogen and oxygen atoms in total. The first-order valence-corrected chi connectivity index (χ1v) is 12.6. The maximum Gasteiger partial charge on any atom is 0.0702 e. The van der Waals surface area contributed by atoms with Gasteiger partial charge in [-0.05, 0) is 65.7 Å². The van der Waals surface area contributed by atoms with Gasteiger partial charge in [0.05, 0.1) is 22.8 Å². The van der Waals surface area contributed by atoms with Crippen LogP contribution in [0.2, 0.25) is 0 Å². The van der Waals surface area contributed by atoms with Crippen LogP contribution < -0.4 is 0 Å². The second kappa shape index (κ2) is 12.1. The van der Waals surface area contributed by atoms with E-state index < -0.39 is 0 Å². The smallest absolute Gasteiger partial charge is 0.0702 e. The zero-order valence-corrected chi connectivity index (χ0v) is 22.4. The van der Waals surface area contributed by atoms with Crippen molar-refractivity contribution in [2.24, 2.45) is 9.98 Å². The van der Waals surface area contributed by atoms with Crippen molar-refractivity contribution >= 4 is 22.8 Å². The lowest BCUT2D eigenvalue weighted by Crippen LogP contribution is -2.11. The molecular weight excluding hydrogens is 400 g/mol. The molecule has 0 N–H and O–H groups in total. The third-order valence-electron chi connectivity index (χ3n) is 6.21. The van der Waals surface area contributed by atoms with Crippen LogP contribution in [-0.4, -0.2) is 11.4 Å². The summed E-state index contributed by atoms with van der Waals surface area (Å²) in [5.41, 5.74) is 9.50. The summed E-state index contributed by atoms with van der Waals surface area (Å²) < 4.78 is 0. The maximum absolute atomic E-state index is 5.32. The summed E-state index contributed by atoms with van der Waals surface area (Å²) >= 11 is 0. The fourth-order valence-electron chi connectivity index (χ4n) is 4.21. The molecule has 2 aromatic rings. The lowest BCUT2D eigenvalue weighted by molar-refractivity contribution is 0.833. The summed E-state index contributed by atoms with van der Waals surface area (Å²) in [6.45, 7) is 24.0. The highest BCUT2D eigenvalue weighted by Gasteiger charge is 2.17. The molecule has 2 rings (SSSR count). The molecule has 0 radical (unpaired) electrons. The average Bonchev–Trinajstić information content (AvgIpc) is 2.75. The Balaban J connectivity index is 2.75. The van der Waals surface area contributed by atoms with Crippen molar-refractivity contribution in [3.8, 4) is 0 Å².